The number of nitrogens with one attached hydrogen (secondary N) is 2. The van der Waals surface area contributed by atoms with E-state index in [0.29, 0.717) is 24.3 Å². The fourth-order valence-electron chi connectivity index (χ4n) is 3.47. The summed E-state index contributed by atoms with van der Waals surface area (Å²) in [7, 11) is 1.93. The van der Waals surface area contributed by atoms with Gasteiger partial charge in [0.25, 0.3) is 0 Å². The van der Waals surface area contributed by atoms with E-state index in [9.17, 15) is 0 Å². The van der Waals surface area contributed by atoms with Gasteiger partial charge >= 0.3 is 0 Å². The Kier molecular flexibility index (Phi) is 4.59. The van der Waals surface area contributed by atoms with Crippen LogP contribution in [0, 0.1) is 13.8 Å². The third-order valence-corrected chi connectivity index (χ3v) is 5.50. The number of aromatic nitrogens is 6. The lowest BCUT2D eigenvalue weighted by Gasteiger charge is -2.27. The fourth-order valence-corrected chi connectivity index (χ4v) is 3.47. The molecule has 1 atom stereocenters. The molecule has 0 aliphatic carbocycles. The molecule has 0 spiro atoms. The van der Waals surface area contributed by atoms with Gasteiger partial charge in [-0.1, -0.05) is 0 Å². The molecule has 0 aromatic carbocycles. The summed E-state index contributed by atoms with van der Waals surface area (Å²) in [6.07, 6.45) is 4.87. The summed E-state index contributed by atoms with van der Waals surface area (Å²) < 4.78 is 9.71. The minimum atomic E-state index is 0.428. The van der Waals surface area contributed by atoms with Crippen molar-refractivity contribution in [1.82, 2.24) is 34.9 Å². The average molecular weight is 404 g/mol. The van der Waals surface area contributed by atoms with Gasteiger partial charge in [0.05, 0.1) is 17.4 Å². The zero-order chi connectivity index (χ0) is 20.7. The van der Waals surface area contributed by atoms with E-state index in [1.807, 2.05) is 54.5 Å². The first-order valence-electron chi connectivity index (χ1n) is 10.0. The lowest BCUT2D eigenvalue weighted by Crippen LogP contribution is -2.46. The molecule has 4 aromatic rings. The van der Waals surface area contributed by atoms with Crippen LogP contribution in [0.15, 0.2) is 36.7 Å². The van der Waals surface area contributed by atoms with Crippen molar-refractivity contribution in [3.05, 3.63) is 47.9 Å². The van der Waals surface area contributed by atoms with Crippen molar-refractivity contribution in [2.45, 2.75) is 26.3 Å². The second kappa shape index (κ2) is 7.42. The molecule has 0 bridgehead atoms. The van der Waals surface area contributed by atoms with Crippen LogP contribution < -0.4 is 15.4 Å². The molecule has 4 aromatic heterocycles. The minimum absolute atomic E-state index is 0.428. The third kappa shape index (κ3) is 3.48. The van der Waals surface area contributed by atoms with E-state index >= 15 is 0 Å². The maximum absolute atomic E-state index is 6.04. The summed E-state index contributed by atoms with van der Waals surface area (Å²) in [5, 5.41) is 23.9. The number of aryl methyl sites for hydroxylation is 3. The van der Waals surface area contributed by atoms with Crippen molar-refractivity contribution in [3.63, 3.8) is 0 Å². The Hall–Kier alpha value is -3.46. The van der Waals surface area contributed by atoms with E-state index in [-0.39, 0.29) is 0 Å². The molecule has 1 fully saturated rings. The Balaban J connectivity index is 1.41. The number of hydrogen-bond donors (Lipinski definition) is 2. The van der Waals surface area contributed by atoms with Crippen LogP contribution in [-0.2, 0) is 7.05 Å². The zero-order valence-electron chi connectivity index (χ0n) is 17.3. The van der Waals surface area contributed by atoms with E-state index in [1.165, 1.54) is 0 Å². The molecule has 9 heteroatoms. The Bertz CT molecular complexity index is 1210. The van der Waals surface area contributed by atoms with E-state index in [1.54, 1.807) is 6.20 Å². The number of hydrogen-bond acceptors (Lipinski definition) is 7. The highest BCUT2D eigenvalue weighted by Crippen LogP contribution is 2.31. The van der Waals surface area contributed by atoms with Gasteiger partial charge in [-0.3, -0.25) is 4.68 Å². The molecule has 2 N–H and O–H groups in total. The quantitative estimate of drug-likeness (QED) is 0.510. The van der Waals surface area contributed by atoms with Crippen LogP contribution in [-0.4, -0.2) is 48.8 Å². The Labute approximate surface area is 174 Å². The summed E-state index contributed by atoms with van der Waals surface area (Å²) in [6, 6.07) is 8.47. The SMILES string of the molecule is Cc1cc(Nc2cc3cc(-c4c(OC[C@H]5CCN5)cnn4C)ccn3n2)nnc1C. The number of fused-ring (bicyclic) bond motifs is 1. The van der Waals surface area contributed by atoms with E-state index < -0.39 is 0 Å². The largest absolute Gasteiger partial charge is 0.488 e. The number of rotatable bonds is 6. The molecule has 0 unspecified atom stereocenters. The molecular weight excluding hydrogens is 380 g/mol. The van der Waals surface area contributed by atoms with Gasteiger partial charge in [0.15, 0.2) is 17.4 Å². The standard InChI is InChI=1S/C21H24N8O/c1-13-8-19(26-25-14(13)2)24-20-10-17-9-15(5-7-29(17)27-20)21-18(11-23-28(21)3)30-12-16-4-6-22-16/h5,7-11,16,22H,4,6,12H2,1-3H3,(H,24,26,27)/t16-/m1/s1. The Morgan fingerprint density at radius 3 is 2.83 bits per heavy atom. The average Bonchev–Trinajstić information content (AvgIpc) is 3.25. The number of ether oxygens (including phenoxy) is 1. The summed E-state index contributed by atoms with van der Waals surface area (Å²) in [5.74, 6) is 2.18. The zero-order valence-corrected chi connectivity index (χ0v) is 17.3. The number of anilines is 2. The Morgan fingerprint density at radius 1 is 1.20 bits per heavy atom. The van der Waals surface area contributed by atoms with Crippen molar-refractivity contribution in [2.75, 3.05) is 18.5 Å². The van der Waals surface area contributed by atoms with E-state index in [2.05, 4.69) is 37.1 Å². The van der Waals surface area contributed by atoms with Crippen molar-refractivity contribution >= 4 is 17.2 Å². The molecule has 9 nitrogen and oxygen atoms in total. The topological polar surface area (TPSA) is 94.2 Å². The summed E-state index contributed by atoms with van der Waals surface area (Å²) >= 11 is 0. The molecule has 1 aliphatic rings. The summed E-state index contributed by atoms with van der Waals surface area (Å²) in [6.45, 7) is 5.67. The van der Waals surface area contributed by atoms with Gasteiger partial charge in [0.2, 0.25) is 0 Å². The van der Waals surface area contributed by atoms with E-state index in [0.717, 1.165) is 46.7 Å². The van der Waals surface area contributed by atoms with Crippen LogP contribution in [0.5, 0.6) is 5.75 Å². The molecule has 0 amide bonds. The van der Waals surface area contributed by atoms with Crippen LogP contribution in [0.25, 0.3) is 16.8 Å². The van der Waals surface area contributed by atoms with Crippen molar-refractivity contribution in [1.29, 1.82) is 0 Å². The van der Waals surface area contributed by atoms with Gasteiger partial charge in [-0.05, 0) is 50.6 Å². The number of pyridine rings is 1. The van der Waals surface area contributed by atoms with Crippen LogP contribution in [0.4, 0.5) is 11.6 Å². The van der Waals surface area contributed by atoms with Crippen molar-refractivity contribution < 1.29 is 4.74 Å². The van der Waals surface area contributed by atoms with Crippen molar-refractivity contribution in [2.24, 2.45) is 7.05 Å². The summed E-state index contributed by atoms with van der Waals surface area (Å²) in [4.78, 5) is 0. The first kappa shape index (κ1) is 18.6. The van der Waals surface area contributed by atoms with Crippen LogP contribution in [0.2, 0.25) is 0 Å². The van der Waals surface area contributed by atoms with Gasteiger partial charge < -0.3 is 15.4 Å². The van der Waals surface area contributed by atoms with Crippen LogP contribution in [0.1, 0.15) is 17.7 Å². The lowest BCUT2D eigenvalue weighted by atomic mass is 10.1. The highest BCUT2D eigenvalue weighted by Gasteiger charge is 2.19. The lowest BCUT2D eigenvalue weighted by molar-refractivity contribution is 0.218. The van der Waals surface area contributed by atoms with Crippen molar-refractivity contribution in [3.8, 4) is 17.0 Å². The highest BCUT2D eigenvalue weighted by atomic mass is 16.5. The molecule has 0 saturated carbocycles. The molecule has 1 saturated heterocycles. The first-order chi connectivity index (χ1) is 14.6. The minimum Gasteiger partial charge on any atom is -0.488 e. The second-order valence-electron chi connectivity index (χ2n) is 7.67. The fraction of sp³-hybridized carbons (Fsp3) is 0.333. The molecule has 30 heavy (non-hydrogen) atoms. The smallest absolute Gasteiger partial charge is 0.165 e. The van der Waals surface area contributed by atoms with Gasteiger partial charge in [0.1, 0.15) is 12.3 Å². The molecular formula is C21H24N8O. The van der Waals surface area contributed by atoms with Gasteiger partial charge in [-0.15, -0.1) is 5.10 Å². The molecule has 5 rings (SSSR count). The molecule has 1 aliphatic heterocycles. The molecule has 154 valence electrons. The second-order valence-corrected chi connectivity index (χ2v) is 7.67. The Morgan fingerprint density at radius 2 is 2.07 bits per heavy atom. The molecule has 5 heterocycles. The highest BCUT2D eigenvalue weighted by molar-refractivity contribution is 5.72. The van der Waals surface area contributed by atoms with Gasteiger partial charge in [0, 0.05) is 30.9 Å². The predicted molar refractivity (Wildman–Crippen MR) is 114 cm³/mol. The normalized spacial score (nSPS) is 15.9. The van der Waals surface area contributed by atoms with E-state index in [4.69, 9.17) is 4.74 Å². The maximum atomic E-state index is 6.04. The predicted octanol–water partition coefficient (Wildman–Crippen LogP) is 2.63. The number of nitrogens with zero attached hydrogens (tertiary/aromatic N) is 6. The maximum Gasteiger partial charge on any atom is 0.165 e. The summed E-state index contributed by atoms with van der Waals surface area (Å²) in [5.41, 5.74) is 4.94. The first-order valence-corrected chi connectivity index (χ1v) is 10.0. The third-order valence-electron chi connectivity index (χ3n) is 5.50. The van der Waals surface area contributed by atoms with Crippen LogP contribution in [0.3, 0.4) is 0 Å². The van der Waals surface area contributed by atoms with Gasteiger partial charge in [-0.2, -0.15) is 15.3 Å². The molecule has 0 radical (unpaired) electrons. The van der Waals surface area contributed by atoms with Gasteiger partial charge in [-0.25, -0.2) is 4.52 Å². The van der Waals surface area contributed by atoms with Crippen LogP contribution >= 0.6 is 0 Å². The monoisotopic (exact) mass is 404 g/mol.